The highest BCUT2D eigenvalue weighted by Gasteiger charge is 2.28. The molecule has 2 aromatic heterocycles. The zero-order chi connectivity index (χ0) is 12.8. The minimum atomic E-state index is 0.623. The zero-order valence-corrected chi connectivity index (χ0v) is 11.7. The summed E-state index contributed by atoms with van der Waals surface area (Å²) in [6.45, 7) is 0. The molecule has 2 heterocycles. The molecule has 3 aromatic rings. The van der Waals surface area contributed by atoms with Gasteiger partial charge in [-0.25, -0.2) is 4.98 Å². The second-order valence-corrected chi connectivity index (χ2v) is 5.69. The van der Waals surface area contributed by atoms with E-state index >= 15 is 0 Å². The van der Waals surface area contributed by atoms with Crippen LogP contribution >= 0.6 is 15.9 Å². The third-order valence-corrected chi connectivity index (χ3v) is 4.09. The maximum atomic E-state index is 4.70. The number of halogens is 1. The third-order valence-electron chi connectivity index (χ3n) is 3.45. The summed E-state index contributed by atoms with van der Waals surface area (Å²) in [4.78, 5) is 9.20. The highest BCUT2D eigenvalue weighted by Crippen LogP contribution is 2.42. The van der Waals surface area contributed by atoms with Gasteiger partial charge in [-0.1, -0.05) is 6.07 Å². The van der Waals surface area contributed by atoms with Crippen LogP contribution in [0.1, 0.15) is 24.5 Å². The van der Waals surface area contributed by atoms with Crippen LogP contribution in [0.3, 0.4) is 0 Å². The molecule has 1 aliphatic carbocycles. The van der Waals surface area contributed by atoms with Gasteiger partial charge in [0.15, 0.2) is 0 Å². The Morgan fingerprint density at radius 2 is 2.11 bits per heavy atom. The fourth-order valence-electron chi connectivity index (χ4n) is 2.32. The minimum absolute atomic E-state index is 0.623. The molecular formula is C14H11BrN4. The lowest BCUT2D eigenvalue weighted by Gasteiger charge is -2.03. The Morgan fingerprint density at radius 3 is 2.95 bits per heavy atom. The van der Waals surface area contributed by atoms with Gasteiger partial charge in [-0.15, -0.1) is 0 Å². The van der Waals surface area contributed by atoms with Crippen LogP contribution in [0.15, 0.2) is 35.1 Å². The number of aromatic nitrogens is 4. The van der Waals surface area contributed by atoms with Crippen molar-refractivity contribution in [3.63, 3.8) is 0 Å². The van der Waals surface area contributed by atoms with Crippen molar-refractivity contribution in [1.29, 1.82) is 0 Å². The van der Waals surface area contributed by atoms with E-state index in [-0.39, 0.29) is 0 Å². The topological polar surface area (TPSA) is 54.5 Å². The number of hydrogen-bond donors (Lipinski definition) is 1. The Hall–Kier alpha value is -1.75. The molecule has 1 saturated carbocycles. The number of fused-ring (bicyclic) bond motifs is 1. The largest absolute Gasteiger partial charge is 0.282 e. The van der Waals surface area contributed by atoms with Crippen LogP contribution in [0, 0.1) is 0 Å². The van der Waals surface area contributed by atoms with E-state index in [9.17, 15) is 0 Å². The number of hydrogen-bond acceptors (Lipinski definition) is 3. The summed E-state index contributed by atoms with van der Waals surface area (Å²) in [5.41, 5.74) is 4.96. The molecule has 1 fully saturated rings. The van der Waals surface area contributed by atoms with Crippen LogP contribution in [-0.4, -0.2) is 20.2 Å². The first-order valence-electron chi connectivity index (χ1n) is 6.28. The molecule has 5 heteroatoms. The number of nitrogens with one attached hydrogen (secondary N) is 1. The maximum absolute atomic E-state index is 4.70. The molecule has 0 atom stereocenters. The van der Waals surface area contributed by atoms with Crippen molar-refractivity contribution >= 4 is 27.0 Å². The number of H-pyrrole nitrogens is 1. The smallest absolute Gasteiger partial charge is 0.103 e. The Bertz CT molecular complexity index is 761. The van der Waals surface area contributed by atoms with Gasteiger partial charge in [0.05, 0.1) is 23.6 Å². The number of rotatable bonds is 2. The second kappa shape index (κ2) is 4.13. The molecule has 1 aliphatic rings. The Balaban J connectivity index is 1.89. The van der Waals surface area contributed by atoms with Gasteiger partial charge in [-0.05, 0) is 40.9 Å². The average Bonchev–Trinajstić information content (AvgIpc) is 3.16. The van der Waals surface area contributed by atoms with E-state index in [1.165, 1.54) is 18.5 Å². The van der Waals surface area contributed by atoms with Gasteiger partial charge in [0.2, 0.25) is 0 Å². The summed E-state index contributed by atoms with van der Waals surface area (Å²) in [6, 6.07) is 5.93. The van der Waals surface area contributed by atoms with Crippen molar-refractivity contribution in [1.82, 2.24) is 20.2 Å². The summed E-state index contributed by atoms with van der Waals surface area (Å²) in [5.74, 6) is 0.623. The van der Waals surface area contributed by atoms with E-state index in [2.05, 4.69) is 31.1 Å². The fourth-order valence-corrected chi connectivity index (χ4v) is 2.78. The van der Waals surface area contributed by atoms with Crippen molar-refractivity contribution < 1.29 is 0 Å². The molecule has 94 valence electrons. The number of benzene rings is 1. The van der Waals surface area contributed by atoms with Gasteiger partial charge in [0.25, 0.3) is 0 Å². The third kappa shape index (κ3) is 1.85. The molecule has 0 aliphatic heterocycles. The summed E-state index contributed by atoms with van der Waals surface area (Å²) >= 11 is 3.50. The van der Waals surface area contributed by atoms with E-state index in [0.29, 0.717) is 5.92 Å². The summed E-state index contributed by atoms with van der Waals surface area (Å²) in [5, 5.41) is 7.25. The molecule has 4 nitrogen and oxygen atoms in total. The lowest BCUT2D eigenvalue weighted by atomic mass is 10.1. The normalized spacial score (nSPS) is 15.0. The van der Waals surface area contributed by atoms with Crippen molar-refractivity contribution in [3.05, 3.63) is 40.8 Å². The monoisotopic (exact) mass is 314 g/mol. The van der Waals surface area contributed by atoms with E-state index in [1.807, 2.05) is 30.6 Å². The van der Waals surface area contributed by atoms with E-state index in [4.69, 9.17) is 4.98 Å². The van der Waals surface area contributed by atoms with Crippen LogP contribution in [-0.2, 0) is 0 Å². The zero-order valence-electron chi connectivity index (χ0n) is 10.1. The second-order valence-electron chi connectivity index (χ2n) is 4.83. The summed E-state index contributed by atoms with van der Waals surface area (Å²) in [6.07, 6.45) is 6.15. The van der Waals surface area contributed by atoms with Crippen molar-refractivity contribution in [2.24, 2.45) is 0 Å². The van der Waals surface area contributed by atoms with Crippen LogP contribution in [0.25, 0.3) is 22.3 Å². The summed E-state index contributed by atoms with van der Waals surface area (Å²) in [7, 11) is 0. The molecule has 0 saturated heterocycles. The first-order chi connectivity index (χ1) is 9.33. The molecule has 0 bridgehead atoms. The van der Waals surface area contributed by atoms with Crippen LogP contribution in [0.2, 0.25) is 0 Å². The quantitative estimate of drug-likeness (QED) is 0.785. The molecule has 0 unspecified atom stereocenters. The van der Waals surface area contributed by atoms with Crippen molar-refractivity contribution in [3.8, 4) is 11.3 Å². The molecule has 0 radical (unpaired) electrons. The van der Waals surface area contributed by atoms with Gasteiger partial charge in [-0.2, -0.15) is 5.10 Å². The van der Waals surface area contributed by atoms with E-state index < -0.39 is 0 Å². The highest BCUT2D eigenvalue weighted by molar-refractivity contribution is 9.10. The van der Waals surface area contributed by atoms with E-state index in [0.717, 1.165) is 26.8 Å². The average molecular weight is 315 g/mol. The SMILES string of the molecule is Brc1cccc2nc(-c3cn[nH]c3C3CC3)cnc12. The van der Waals surface area contributed by atoms with Crippen molar-refractivity contribution in [2.75, 3.05) is 0 Å². The first kappa shape index (κ1) is 11.1. The van der Waals surface area contributed by atoms with Gasteiger partial charge in [0, 0.05) is 21.6 Å². The predicted octanol–water partition coefficient (Wildman–Crippen LogP) is 3.66. The Kier molecular flexibility index (Phi) is 2.41. The highest BCUT2D eigenvalue weighted by atomic mass is 79.9. The van der Waals surface area contributed by atoms with Gasteiger partial charge in [-0.3, -0.25) is 10.1 Å². The fraction of sp³-hybridized carbons (Fsp3) is 0.214. The van der Waals surface area contributed by atoms with E-state index in [1.54, 1.807) is 0 Å². The van der Waals surface area contributed by atoms with Crippen LogP contribution < -0.4 is 0 Å². The van der Waals surface area contributed by atoms with Gasteiger partial charge < -0.3 is 0 Å². The number of aromatic amines is 1. The Morgan fingerprint density at radius 1 is 1.21 bits per heavy atom. The minimum Gasteiger partial charge on any atom is -0.282 e. The standard InChI is InChI=1S/C14H11BrN4/c15-10-2-1-3-11-14(10)16-7-12(18-11)9-6-17-19-13(9)8-4-5-8/h1-3,6-8H,4-5H2,(H,17,19). The molecule has 4 rings (SSSR count). The molecule has 0 amide bonds. The summed E-state index contributed by atoms with van der Waals surface area (Å²) < 4.78 is 0.971. The number of nitrogens with zero attached hydrogens (tertiary/aromatic N) is 3. The molecule has 1 aromatic carbocycles. The predicted molar refractivity (Wildman–Crippen MR) is 76.8 cm³/mol. The lowest BCUT2D eigenvalue weighted by molar-refractivity contribution is 0.965. The lowest BCUT2D eigenvalue weighted by Crippen LogP contribution is -1.91. The number of para-hydroxylation sites is 1. The first-order valence-corrected chi connectivity index (χ1v) is 7.07. The van der Waals surface area contributed by atoms with Crippen LogP contribution in [0.5, 0.6) is 0 Å². The molecule has 1 N–H and O–H groups in total. The molecule has 19 heavy (non-hydrogen) atoms. The van der Waals surface area contributed by atoms with Crippen molar-refractivity contribution in [2.45, 2.75) is 18.8 Å². The van der Waals surface area contributed by atoms with Gasteiger partial charge >= 0.3 is 0 Å². The molecule has 0 spiro atoms. The van der Waals surface area contributed by atoms with Gasteiger partial charge in [0.1, 0.15) is 5.52 Å². The maximum Gasteiger partial charge on any atom is 0.103 e. The Labute approximate surface area is 118 Å². The van der Waals surface area contributed by atoms with Crippen LogP contribution in [0.4, 0.5) is 0 Å². The molecular weight excluding hydrogens is 304 g/mol.